The molecule has 1 aromatic heterocycles. The lowest BCUT2D eigenvalue weighted by atomic mass is 9.98. The third-order valence-electron chi connectivity index (χ3n) is 7.56. The van der Waals surface area contributed by atoms with Crippen molar-refractivity contribution in [3.05, 3.63) is 52.3 Å². The third-order valence-corrected chi connectivity index (χ3v) is 7.86. The van der Waals surface area contributed by atoms with Gasteiger partial charge in [0.05, 0.1) is 23.4 Å². The lowest BCUT2D eigenvalue weighted by Gasteiger charge is -2.34. The molecule has 1 amide bonds. The largest absolute Gasteiger partial charge is 0.507 e. The summed E-state index contributed by atoms with van der Waals surface area (Å²) in [6.45, 7) is 12.3. The molecular weight excluding hydrogens is 516 g/mol. The molecule has 9 nitrogen and oxygen atoms in total. The van der Waals surface area contributed by atoms with Gasteiger partial charge < -0.3 is 20.1 Å². The second-order valence-corrected chi connectivity index (χ2v) is 11.1. The highest BCUT2D eigenvalue weighted by atomic mass is 35.5. The van der Waals surface area contributed by atoms with Crippen LogP contribution in [0, 0.1) is 0 Å². The van der Waals surface area contributed by atoms with Crippen molar-refractivity contribution < 1.29 is 14.6 Å². The SMILES string of the molecule is CCN1CCN(Cc2ccc(-n3c(C(=O)NC4CC4)nnc3-c3cc(C(C)C)c(OC)cc3O)c(Cl)c2)CC1. The molecular formula is C29H37ClN6O3. The van der Waals surface area contributed by atoms with Gasteiger partial charge in [-0.3, -0.25) is 14.3 Å². The first-order valence-electron chi connectivity index (χ1n) is 13.7. The summed E-state index contributed by atoms with van der Waals surface area (Å²) in [4.78, 5) is 18.1. The van der Waals surface area contributed by atoms with Crippen molar-refractivity contribution in [2.45, 2.75) is 52.1 Å². The normalized spacial score (nSPS) is 16.6. The fraction of sp³-hybridized carbons (Fsp3) is 0.483. The van der Waals surface area contributed by atoms with E-state index in [9.17, 15) is 9.90 Å². The molecule has 0 unspecified atom stereocenters. The van der Waals surface area contributed by atoms with Crippen molar-refractivity contribution in [1.29, 1.82) is 0 Å². The van der Waals surface area contributed by atoms with Crippen molar-refractivity contribution in [1.82, 2.24) is 29.9 Å². The number of ether oxygens (including phenoxy) is 1. The van der Waals surface area contributed by atoms with E-state index in [1.807, 2.05) is 24.3 Å². The molecule has 0 bridgehead atoms. The van der Waals surface area contributed by atoms with E-state index in [2.05, 4.69) is 46.1 Å². The fourth-order valence-electron chi connectivity index (χ4n) is 5.06. The Kier molecular flexibility index (Phi) is 8.11. The van der Waals surface area contributed by atoms with E-state index in [4.69, 9.17) is 16.3 Å². The maximum absolute atomic E-state index is 13.2. The van der Waals surface area contributed by atoms with E-state index < -0.39 is 0 Å². The predicted octanol–water partition coefficient (Wildman–Crippen LogP) is 4.46. The first kappa shape index (κ1) is 27.4. The highest BCUT2D eigenvalue weighted by Gasteiger charge is 2.30. The number of aromatic nitrogens is 3. The summed E-state index contributed by atoms with van der Waals surface area (Å²) in [5.74, 6) is 0.855. The van der Waals surface area contributed by atoms with Crippen LogP contribution < -0.4 is 10.1 Å². The Morgan fingerprint density at radius 2 is 1.85 bits per heavy atom. The summed E-state index contributed by atoms with van der Waals surface area (Å²) in [7, 11) is 1.58. The van der Waals surface area contributed by atoms with Crippen molar-refractivity contribution >= 4 is 17.5 Å². The quantitative estimate of drug-likeness (QED) is 0.405. The molecule has 2 aliphatic rings. The zero-order valence-corrected chi connectivity index (χ0v) is 23.8. The number of halogens is 1. The molecule has 2 N–H and O–H groups in total. The average Bonchev–Trinajstić information content (AvgIpc) is 3.63. The first-order chi connectivity index (χ1) is 18.8. The molecule has 1 saturated heterocycles. The second kappa shape index (κ2) is 11.5. The van der Waals surface area contributed by atoms with Gasteiger partial charge >= 0.3 is 0 Å². The minimum Gasteiger partial charge on any atom is -0.507 e. The van der Waals surface area contributed by atoms with Gasteiger partial charge in [-0.05, 0) is 54.6 Å². The van der Waals surface area contributed by atoms with Gasteiger partial charge in [-0.2, -0.15) is 0 Å². The number of nitrogens with zero attached hydrogens (tertiary/aromatic N) is 5. The summed E-state index contributed by atoms with van der Waals surface area (Å²) < 4.78 is 7.15. The van der Waals surface area contributed by atoms with Gasteiger partial charge in [0, 0.05) is 44.8 Å². The van der Waals surface area contributed by atoms with Gasteiger partial charge in [0.2, 0.25) is 5.82 Å². The van der Waals surface area contributed by atoms with Crippen molar-refractivity contribution in [3.63, 3.8) is 0 Å². The maximum atomic E-state index is 13.2. The molecule has 0 spiro atoms. The number of carbonyl (C=O) groups is 1. The number of phenols is 1. The predicted molar refractivity (Wildman–Crippen MR) is 152 cm³/mol. The van der Waals surface area contributed by atoms with Crippen LogP contribution in [0.1, 0.15) is 61.3 Å². The van der Waals surface area contributed by atoms with Gasteiger partial charge in [-0.1, -0.05) is 38.4 Å². The molecule has 1 aliphatic heterocycles. The topological polar surface area (TPSA) is 95.8 Å². The van der Waals surface area contributed by atoms with Gasteiger partial charge in [-0.25, -0.2) is 0 Å². The Morgan fingerprint density at radius 3 is 2.46 bits per heavy atom. The van der Waals surface area contributed by atoms with Crippen LogP contribution in [0.5, 0.6) is 11.5 Å². The van der Waals surface area contributed by atoms with Gasteiger partial charge in [0.1, 0.15) is 11.5 Å². The molecule has 208 valence electrons. The fourth-order valence-corrected chi connectivity index (χ4v) is 5.34. The van der Waals surface area contributed by atoms with E-state index in [0.717, 1.165) is 63.2 Å². The van der Waals surface area contributed by atoms with Gasteiger partial charge in [-0.15, -0.1) is 10.2 Å². The lowest BCUT2D eigenvalue weighted by Crippen LogP contribution is -2.45. The van der Waals surface area contributed by atoms with Gasteiger partial charge in [0.15, 0.2) is 5.82 Å². The van der Waals surface area contributed by atoms with Crippen molar-refractivity contribution in [2.24, 2.45) is 0 Å². The van der Waals surface area contributed by atoms with Crippen molar-refractivity contribution in [2.75, 3.05) is 39.8 Å². The summed E-state index contributed by atoms with van der Waals surface area (Å²) >= 11 is 6.89. The molecule has 2 heterocycles. The lowest BCUT2D eigenvalue weighted by molar-refractivity contribution is 0.0938. The zero-order chi connectivity index (χ0) is 27.7. The highest BCUT2D eigenvalue weighted by molar-refractivity contribution is 6.32. The van der Waals surface area contributed by atoms with Crippen LogP contribution in [0.15, 0.2) is 30.3 Å². The first-order valence-corrected chi connectivity index (χ1v) is 14.1. The Balaban J connectivity index is 1.53. The minimum absolute atomic E-state index is 0.0157. The summed E-state index contributed by atoms with van der Waals surface area (Å²) in [6, 6.07) is 9.47. The van der Waals surface area contributed by atoms with Crippen LogP contribution in [0.2, 0.25) is 5.02 Å². The summed E-state index contributed by atoms with van der Waals surface area (Å²) in [5, 5.41) is 23.1. The molecule has 39 heavy (non-hydrogen) atoms. The number of rotatable bonds is 9. The Bertz CT molecular complexity index is 1350. The van der Waals surface area contributed by atoms with E-state index in [1.165, 1.54) is 0 Å². The van der Waals surface area contributed by atoms with E-state index in [0.29, 0.717) is 27.8 Å². The number of likely N-dealkylation sites (N-methyl/N-ethyl adjacent to an activating group) is 1. The molecule has 0 radical (unpaired) electrons. The number of nitrogens with one attached hydrogen (secondary N) is 1. The Labute approximate surface area is 234 Å². The summed E-state index contributed by atoms with van der Waals surface area (Å²) in [6.07, 6.45) is 1.90. The van der Waals surface area contributed by atoms with Gasteiger partial charge in [0.25, 0.3) is 5.91 Å². The number of aromatic hydroxyl groups is 1. The molecule has 3 aromatic rings. The number of piperazine rings is 1. The van der Waals surface area contributed by atoms with Crippen LogP contribution in [-0.2, 0) is 6.54 Å². The number of hydrogen-bond acceptors (Lipinski definition) is 7. The number of benzene rings is 2. The Hall–Kier alpha value is -3.14. The number of methoxy groups -OCH3 is 1. The molecule has 0 atom stereocenters. The van der Waals surface area contributed by atoms with Crippen LogP contribution in [0.4, 0.5) is 0 Å². The number of carbonyl (C=O) groups excluding carboxylic acids is 1. The molecule has 2 fully saturated rings. The highest BCUT2D eigenvalue weighted by Crippen LogP contribution is 2.39. The molecule has 2 aromatic carbocycles. The Morgan fingerprint density at radius 1 is 1.13 bits per heavy atom. The number of phenolic OH excluding ortho intramolecular Hbond substituents is 1. The van der Waals surface area contributed by atoms with E-state index in [-0.39, 0.29) is 29.4 Å². The van der Waals surface area contributed by atoms with E-state index >= 15 is 0 Å². The maximum Gasteiger partial charge on any atom is 0.289 e. The monoisotopic (exact) mass is 552 g/mol. The van der Waals surface area contributed by atoms with Crippen LogP contribution >= 0.6 is 11.6 Å². The standard InChI is InChI=1S/C29H37ClN6O3/c1-5-34-10-12-35(13-11-34)17-19-6-9-24(23(30)14-19)36-27(32-33-28(36)29(38)31-20-7-8-20)22-15-21(18(2)3)26(39-4)16-25(22)37/h6,9,14-16,18,20,37H,5,7-8,10-13,17H2,1-4H3,(H,31,38). The van der Waals surface area contributed by atoms with E-state index in [1.54, 1.807) is 17.7 Å². The third kappa shape index (κ3) is 5.90. The van der Waals surface area contributed by atoms with Crippen LogP contribution in [0.25, 0.3) is 17.1 Å². The van der Waals surface area contributed by atoms with Crippen LogP contribution in [0.3, 0.4) is 0 Å². The average molecular weight is 553 g/mol. The molecule has 10 heteroatoms. The number of amides is 1. The second-order valence-electron chi connectivity index (χ2n) is 10.7. The summed E-state index contributed by atoms with van der Waals surface area (Å²) in [5.41, 5.74) is 3.04. The molecule has 5 rings (SSSR count). The number of hydrogen-bond donors (Lipinski definition) is 2. The molecule has 1 saturated carbocycles. The van der Waals surface area contributed by atoms with Crippen LogP contribution in [-0.4, -0.2) is 81.5 Å². The minimum atomic E-state index is -0.317. The smallest absolute Gasteiger partial charge is 0.289 e. The van der Waals surface area contributed by atoms with Crippen molar-refractivity contribution in [3.8, 4) is 28.6 Å². The molecule has 1 aliphatic carbocycles. The zero-order valence-electron chi connectivity index (χ0n) is 23.1.